The van der Waals surface area contributed by atoms with Gasteiger partial charge in [0.05, 0.1) is 25.6 Å². The summed E-state index contributed by atoms with van der Waals surface area (Å²) in [6, 6.07) is 0. The Morgan fingerprint density at radius 3 is 2.89 bits per heavy atom. The number of methoxy groups -OCH3 is 1. The van der Waals surface area contributed by atoms with Gasteiger partial charge in [-0.05, 0) is 5.92 Å². The van der Waals surface area contributed by atoms with E-state index in [1.54, 1.807) is 0 Å². The zero-order chi connectivity index (χ0) is 13.5. The summed E-state index contributed by atoms with van der Waals surface area (Å²) in [6.07, 6.45) is 2.52. The van der Waals surface area contributed by atoms with Crippen LogP contribution in [-0.2, 0) is 23.8 Å². The van der Waals surface area contributed by atoms with Crippen LogP contribution in [0.3, 0.4) is 0 Å². The summed E-state index contributed by atoms with van der Waals surface area (Å²) in [6.45, 7) is 4.67. The number of ether oxygens (including phenoxy) is 3. The molecule has 1 aliphatic rings. The third-order valence-corrected chi connectivity index (χ3v) is 2.68. The summed E-state index contributed by atoms with van der Waals surface area (Å²) in [5.74, 6) is -0.242. The lowest BCUT2D eigenvalue weighted by atomic mass is 9.92. The SMILES string of the molecule is COC(=O)C1=COC(OCC(C)C)C[C@@H]1CC=O. The second kappa shape index (κ2) is 7.16. The van der Waals surface area contributed by atoms with Crippen LogP contribution in [-0.4, -0.2) is 32.3 Å². The molecule has 5 heteroatoms. The Balaban J connectivity index is 2.64. The Labute approximate surface area is 107 Å². The highest BCUT2D eigenvalue weighted by Crippen LogP contribution is 2.28. The van der Waals surface area contributed by atoms with Crippen LogP contribution in [0.1, 0.15) is 26.7 Å². The van der Waals surface area contributed by atoms with Crippen molar-refractivity contribution in [2.24, 2.45) is 11.8 Å². The van der Waals surface area contributed by atoms with Gasteiger partial charge >= 0.3 is 5.97 Å². The fourth-order valence-corrected chi connectivity index (χ4v) is 1.74. The third-order valence-electron chi connectivity index (χ3n) is 2.68. The Morgan fingerprint density at radius 1 is 1.61 bits per heavy atom. The Hall–Kier alpha value is -1.36. The largest absolute Gasteiger partial charge is 0.472 e. The quantitative estimate of drug-likeness (QED) is 0.534. The number of aldehydes is 1. The van der Waals surface area contributed by atoms with E-state index in [2.05, 4.69) is 4.74 Å². The molecule has 0 amide bonds. The van der Waals surface area contributed by atoms with Crippen molar-refractivity contribution in [3.8, 4) is 0 Å². The van der Waals surface area contributed by atoms with E-state index < -0.39 is 12.3 Å². The molecule has 0 saturated carbocycles. The van der Waals surface area contributed by atoms with E-state index >= 15 is 0 Å². The molecule has 2 atom stereocenters. The topological polar surface area (TPSA) is 61.8 Å². The molecule has 0 aromatic rings. The summed E-state index contributed by atoms with van der Waals surface area (Å²) in [7, 11) is 1.31. The van der Waals surface area contributed by atoms with Crippen molar-refractivity contribution in [3.05, 3.63) is 11.8 Å². The molecule has 1 unspecified atom stereocenters. The summed E-state index contributed by atoms with van der Waals surface area (Å²) in [5.41, 5.74) is 0.397. The van der Waals surface area contributed by atoms with Crippen LogP contribution in [0.2, 0.25) is 0 Å². The molecule has 1 heterocycles. The van der Waals surface area contributed by atoms with Gasteiger partial charge in [0.1, 0.15) is 6.29 Å². The molecule has 0 aliphatic carbocycles. The van der Waals surface area contributed by atoms with E-state index in [4.69, 9.17) is 9.47 Å². The second-order valence-electron chi connectivity index (χ2n) is 4.69. The molecular weight excluding hydrogens is 236 g/mol. The van der Waals surface area contributed by atoms with E-state index in [-0.39, 0.29) is 12.3 Å². The van der Waals surface area contributed by atoms with Gasteiger partial charge < -0.3 is 19.0 Å². The summed E-state index contributed by atoms with van der Waals surface area (Å²) < 4.78 is 15.5. The average Bonchev–Trinajstić information content (AvgIpc) is 2.36. The minimum Gasteiger partial charge on any atom is -0.472 e. The number of esters is 1. The molecule has 102 valence electrons. The minimum absolute atomic E-state index is 0.194. The van der Waals surface area contributed by atoms with Crippen molar-refractivity contribution in [2.75, 3.05) is 13.7 Å². The fourth-order valence-electron chi connectivity index (χ4n) is 1.74. The molecular formula is C13H20O5. The van der Waals surface area contributed by atoms with Crippen molar-refractivity contribution in [3.63, 3.8) is 0 Å². The Bertz CT molecular complexity index is 321. The van der Waals surface area contributed by atoms with Crippen molar-refractivity contribution < 1.29 is 23.8 Å². The van der Waals surface area contributed by atoms with Gasteiger partial charge in [0.15, 0.2) is 6.29 Å². The Kier molecular flexibility index (Phi) is 5.85. The molecule has 0 radical (unpaired) electrons. The van der Waals surface area contributed by atoms with Gasteiger partial charge in [-0.25, -0.2) is 4.79 Å². The van der Waals surface area contributed by atoms with Crippen molar-refractivity contribution in [1.82, 2.24) is 0 Å². The maximum atomic E-state index is 11.5. The molecule has 0 spiro atoms. The third kappa shape index (κ3) is 4.14. The van der Waals surface area contributed by atoms with E-state index in [1.165, 1.54) is 13.4 Å². The number of rotatable bonds is 6. The lowest BCUT2D eigenvalue weighted by Crippen LogP contribution is -2.29. The van der Waals surface area contributed by atoms with Crippen LogP contribution in [0.4, 0.5) is 0 Å². The molecule has 0 bridgehead atoms. The number of hydrogen-bond acceptors (Lipinski definition) is 5. The number of hydrogen-bond donors (Lipinski definition) is 0. The van der Waals surface area contributed by atoms with E-state index in [0.29, 0.717) is 24.5 Å². The lowest BCUT2D eigenvalue weighted by molar-refractivity contribution is -0.146. The molecule has 0 fully saturated rings. The zero-order valence-electron chi connectivity index (χ0n) is 11.0. The molecule has 1 rings (SSSR count). The summed E-state index contributed by atoms with van der Waals surface area (Å²) >= 11 is 0. The van der Waals surface area contributed by atoms with Gasteiger partial charge in [0.25, 0.3) is 0 Å². The molecule has 0 aromatic heterocycles. The first-order chi connectivity index (χ1) is 8.58. The van der Waals surface area contributed by atoms with Crippen molar-refractivity contribution in [1.29, 1.82) is 0 Å². The number of carbonyl (C=O) groups excluding carboxylic acids is 2. The van der Waals surface area contributed by atoms with Crippen LogP contribution in [0.15, 0.2) is 11.8 Å². The van der Waals surface area contributed by atoms with Crippen molar-refractivity contribution in [2.45, 2.75) is 33.0 Å². The van der Waals surface area contributed by atoms with E-state index in [9.17, 15) is 9.59 Å². The summed E-state index contributed by atoms with van der Waals surface area (Å²) in [5, 5.41) is 0. The molecule has 5 nitrogen and oxygen atoms in total. The predicted octanol–water partition coefficient (Wildman–Crippen LogP) is 1.67. The smallest absolute Gasteiger partial charge is 0.337 e. The molecule has 0 saturated heterocycles. The van der Waals surface area contributed by atoms with Crippen LogP contribution in [0, 0.1) is 11.8 Å². The van der Waals surface area contributed by atoms with Crippen LogP contribution >= 0.6 is 0 Å². The van der Waals surface area contributed by atoms with Gasteiger partial charge in [0.2, 0.25) is 0 Å². The van der Waals surface area contributed by atoms with Crippen LogP contribution in [0.25, 0.3) is 0 Å². The van der Waals surface area contributed by atoms with Gasteiger partial charge in [-0.3, -0.25) is 0 Å². The Morgan fingerprint density at radius 2 is 2.33 bits per heavy atom. The monoisotopic (exact) mass is 256 g/mol. The second-order valence-corrected chi connectivity index (χ2v) is 4.69. The van der Waals surface area contributed by atoms with Crippen LogP contribution < -0.4 is 0 Å². The molecule has 1 aliphatic heterocycles. The highest BCUT2D eigenvalue weighted by atomic mass is 16.7. The highest BCUT2D eigenvalue weighted by Gasteiger charge is 2.30. The molecule has 0 N–H and O–H groups in total. The normalized spacial score (nSPS) is 23.2. The fraction of sp³-hybridized carbons (Fsp3) is 0.692. The summed E-state index contributed by atoms with van der Waals surface area (Å²) in [4.78, 5) is 22.1. The van der Waals surface area contributed by atoms with Gasteiger partial charge in [0, 0.05) is 18.8 Å². The maximum absolute atomic E-state index is 11.5. The van der Waals surface area contributed by atoms with Crippen molar-refractivity contribution >= 4 is 12.3 Å². The van der Waals surface area contributed by atoms with Crippen LogP contribution in [0.5, 0.6) is 0 Å². The molecule has 18 heavy (non-hydrogen) atoms. The first-order valence-corrected chi connectivity index (χ1v) is 6.07. The van der Waals surface area contributed by atoms with Gasteiger partial charge in [-0.2, -0.15) is 0 Å². The highest BCUT2D eigenvalue weighted by molar-refractivity contribution is 5.89. The lowest BCUT2D eigenvalue weighted by Gasteiger charge is -2.28. The van der Waals surface area contributed by atoms with Gasteiger partial charge in [-0.15, -0.1) is 0 Å². The standard InChI is InChI=1S/C13H20O5/c1-9(2)7-17-12-6-10(4-5-14)11(8-18-12)13(15)16-3/h5,8-10,12H,4,6-7H2,1-3H3/t10-,12?/m0/s1. The maximum Gasteiger partial charge on any atom is 0.337 e. The van der Waals surface area contributed by atoms with E-state index in [0.717, 1.165) is 6.29 Å². The predicted molar refractivity (Wildman–Crippen MR) is 64.6 cm³/mol. The van der Waals surface area contributed by atoms with Gasteiger partial charge in [-0.1, -0.05) is 13.8 Å². The number of carbonyl (C=O) groups is 2. The minimum atomic E-state index is -0.454. The first-order valence-electron chi connectivity index (χ1n) is 6.07. The average molecular weight is 256 g/mol. The molecule has 0 aromatic carbocycles. The zero-order valence-corrected chi connectivity index (χ0v) is 11.0. The first kappa shape index (κ1) is 14.7. The van der Waals surface area contributed by atoms with E-state index in [1.807, 2.05) is 13.8 Å².